The van der Waals surface area contributed by atoms with Gasteiger partial charge in [-0.15, -0.1) is 0 Å². The summed E-state index contributed by atoms with van der Waals surface area (Å²) in [5.74, 6) is -0.378. The van der Waals surface area contributed by atoms with Crippen LogP contribution in [0.3, 0.4) is 0 Å². The van der Waals surface area contributed by atoms with Crippen molar-refractivity contribution in [1.29, 1.82) is 0 Å². The van der Waals surface area contributed by atoms with Crippen molar-refractivity contribution in [3.05, 3.63) is 0 Å². The van der Waals surface area contributed by atoms with Gasteiger partial charge in [0.1, 0.15) is 0 Å². The molecule has 94 valence electrons. The first kappa shape index (κ1) is 17.9. The molecule has 0 spiro atoms. The predicted molar refractivity (Wildman–Crippen MR) is 62.8 cm³/mol. The standard InChI is InChI=1S/C4H10O6S4.H3N/c5-13(6,7)3-1-11-12-2-4-14(8,9)10;/h1-4H2,(H,5,6,7)(H,8,9,10);1H3. The van der Waals surface area contributed by atoms with E-state index in [1.54, 1.807) is 0 Å². The Morgan fingerprint density at radius 3 is 1.27 bits per heavy atom. The zero-order valence-corrected chi connectivity index (χ0v) is 11.0. The maximum absolute atomic E-state index is 10.2. The molecule has 7 nitrogen and oxygen atoms in total. The van der Waals surface area contributed by atoms with Crippen LogP contribution in [0, 0.1) is 0 Å². The summed E-state index contributed by atoms with van der Waals surface area (Å²) < 4.78 is 57.5. The van der Waals surface area contributed by atoms with E-state index in [0.717, 1.165) is 21.6 Å². The number of hydrogen-bond acceptors (Lipinski definition) is 7. The first-order valence-corrected chi connectivity index (χ1v) is 9.06. The summed E-state index contributed by atoms with van der Waals surface area (Å²) in [5, 5.41) is 0. The molecule has 0 aliphatic rings. The van der Waals surface area contributed by atoms with Crippen LogP contribution in [-0.4, -0.2) is 49.0 Å². The summed E-state index contributed by atoms with van der Waals surface area (Å²) in [6.45, 7) is 0. The summed E-state index contributed by atoms with van der Waals surface area (Å²) in [4.78, 5) is 0. The summed E-state index contributed by atoms with van der Waals surface area (Å²) in [5.41, 5.74) is 0. The minimum atomic E-state index is -3.94. The highest BCUT2D eigenvalue weighted by Crippen LogP contribution is 2.20. The smallest absolute Gasteiger partial charge is 0.265 e. The van der Waals surface area contributed by atoms with E-state index >= 15 is 0 Å². The molecule has 0 aliphatic carbocycles. The summed E-state index contributed by atoms with van der Waals surface area (Å²) in [7, 11) is -5.64. The highest BCUT2D eigenvalue weighted by molar-refractivity contribution is 8.76. The molecule has 0 amide bonds. The lowest BCUT2D eigenvalue weighted by Gasteiger charge is -1.98. The van der Waals surface area contributed by atoms with Crippen molar-refractivity contribution < 1.29 is 25.9 Å². The molecule has 5 N–H and O–H groups in total. The van der Waals surface area contributed by atoms with Crippen LogP contribution in [0.15, 0.2) is 0 Å². The van der Waals surface area contributed by atoms with Gasteiger partial charge in [-0.25, -0.2) is 0 Å². The molecule has 0 bridgehead atoms. The van der Waals surface area contributed by atoms with Gasteiger partial charge in [0.25, 0.3) is 20.2 Å². The van der Waals surface area contributed by atoms with Crippen molar-refractivity contribution in [2.45, 2.75) is 0 Å². The molecule has 0 fully saturated rings. The van der Waals surface area contributed by atoms with E-state index < -0.39 is 20.2 Å². The molecule has 0 aliphatic heterocycles. The Kier molecular flexibility index (Phi) is 9.17. The Morgan fingerprint density at radius 1 is 0.800 bits per heavy atom. The molecule has 0 radical (unpaired) electrons. The van der Waals surface area contributed by atoms with Crippen LogP contribution in [0.4, 0.5) is 0 Å². The Balaban J connectivity index is 0. The number of hydrogen-bond donors (Lipinski definition) is 3. The third kappa shape index (κ3) is 17.1. The molecule has 0 aromatic heterocycles. The molecule has 0 rings (SSSR count). The zero-order valence-electron chi connectivity index (χ0n) is 7.70. The first-order valence-electron chi connectivity index (χ1n) is 3.35. The van der Waals surface area contributed by atoms with Gasteiger partial charge in [0.2, 0.25) is 0 Å². The van der Waals surface area contributed by atoms with Crippen LogP contribution in [0.25, 0.3) is 0 Å². The van der Waals surface area contributed by atoms with Crippen molar-refractivity contribution in [1.82, 2.24) is 6.15 Å². The zero-order chi connectivity index (χ0) is 11.2. The maximum Gasteiger partial charge on any atom is 0.265 e. The SMILES string of the molecule is N.O=S(=O)(O)CCSSCCS(=O)(=O)O. The van der Waals surface area contributed by atoms with Gasteiger partial charge in [-0.1, -0.05) is 21.6 Å². The van der Waals surface area contributed by atoms with Crippen molar-refractivity contribution in [3.8, 4) is 0 Å². The molecule has 0 heterocycles. The second-order valence-electron chi connectivity index (χ2n) is 2.22. The molecular weight excluding hydrogens is 286 g/mol. The van der Waals surface area contributed by atoms with E-state index in [1.165, 1.54) is 0 Å². The Hall–Kier alpha value is 0.480. The van der Waals surface area contributed by atoms with Gasteiger partial charge in [0.05, 0.1) is 11.5 Å². The van der Waals surface area contributed by atoms with Crippen LogP contribution < -0.4 is 6.15 Å². The minimum Gasteiger partial charge on any atom is -0.344 e. The van der Waals surface area contributed by atoms with Crippen LogP contribution in [-0.2, 0) is 20.2 Å². The molecule has 0 unspecified atom stereocenters. The van der Waals surface area contributed by atoms with Crippen molar-refractivity contribution in [2.75, 3.05) is 23.0 Å². The van der Waals surface area contributed by atoms with Gasteiger partial charge in [-0.05, 0) is 0 Å². The quantitative estimate of drug-likeness (QED) is 0.343. The van der Waals surface area contributed by atoms with E-state index in [4.69, 9.17) is 9.11 Å². The lowest BCUT2D eigenvalue weighted by atomic mass is 11.0. The lowest BCUT2D eigenvalue weighted by Crippen LogP contribution is -2.07. The van der Waals surface area contributed by atoms with Gasteiger partial charge in [-0.2, -0.15) is 16.8 Å². The molecular formula is C4H13NO6S4. The van der Waals surface area contributed by atoms with E-state index in [0.29, 0.717) is 0 Å². The maximum atomic E-state index is 10.2. The monoisotopic (exact) mass is 299 g/mol. The average molecular weight is 299 g/mol. The van der Waals surface area contributed by atoms with E-state index in [-0.39, 0.29) is 29.2 Å². The fourth-order valence-corrected chi connectivity index (χ4v) is 4.79. The minimum absolute atomic E-state index is 0. The topological polar surface area (TPSA) is 144 Å². The van der Waals surface area contributed by atoms with E-state index in [9.17, 15) is 16.8 Å². The molecule has 0 atom stereocenters. The van der Waals surface area contributed by atoms with Gasteiger partial charge in [-0.3, -0.25) is 9.11 Å². The summed E-state index contributed by atoms with van der Waals surface area (Å²) >= 11 is 0. The second kappa shape index (κ2) is 7.70. The lowest BCUT2D eigenvalue weighted by molar-refractivity contribution is 0.483. The van der Waals surface area contributed by atoms with Crippen LogP contribution in [0.2, 0.25) is 0 Å². The summed E-state index contributed by atoms with van der Waals surface area (Å²) in [6.07, 6.45) is 0. The van der Waals surface area contributed by atoms with Crippen molar-refractivity contribution in [3.63, 3.8) is 0 Å². The Morgan fingerprint density at radius 2 is 1.07 bits per heavy atom. The van der Waals surface area contributed by atoms with Crippen molar-refractivity contribution >= 4 is 41.8 Å². The van der Waals surface area contributed by atoms with Gasteiger partial charge in [0.15, 0.2) is 0 Å². The highest BCUT2D eigenvalue weighted by atomic mass is 33.1. The fourth-order valence-electron chi connectivity index (χ4n) is 0.397. The van der Waals surface area contributed by atoms with Gasteiger partial charge >= 0.3 is 0 Å². The Labute approximate surface area is 96.9 Å². The molecule has 11 heteroatoms. The predicted octanol–water partition coefficient (Wildman–Crippen LogP) is 0.305. The Bertz CT molecular complexity index is 311. The third-order valence-electron chi connectivity index (χ3n) is 0.933. The normalized spacial score (nSPS) is 12.1. The van der Waals surface area contributed by atoms with Crippen LogP contribution >= 0.6 is 21.6 Å². The van der Waals surface area contributed by atoms with E-state index in [2.05, 4.69) is 0 Å². The molecule has 0 aromatic rings. The van der Waals surface area contributed by atoms with Gasteiger partial charge < -0.3 is 6.15 Å². The first-order chi connectivity index (χ1) is 6.21. The van der Waals surface area contributed by atoms with E-state index in [1.807, 2.05) is 0 Å². The number of rotatable bonds is 7. The van der Waals surface area contributed by atoms with Gasteiger partial charge in [0, 0.05) is 11.5 Å². The molecule has 0 saturated carbocycles. The fraction of sp³-hybridized carbons (Fsp3) is 1.00. The highest BCUT2D eigenvalue weighted by Gasteiger charge is 2.06. The molecule has 15 heavy (non-hydrogen) atoms. The summed E-state index contributed by atoms with van der Waals surface area (Å²) in [6, 6.07) is 0. The largest absolute Gasteiger partial charge is 0.344 e. The van der Waals surface area contributed by atoms with Crippen LogP contribution in [0.5, 0.6) is 0 Å². The van der Waals surface area contributed by atoms with Crippen molar-refractivity contribution in [2.24, 2.45) is 0 Å². The molecule has 0 saturated heterocycles. The molecule has 0 aromatic carbocycles. The average Bonchev–Trinajstić information content (AvgIpc) is 1.92. The third-order valence-corrected chi connectivity index (χ3v) is 5.30. The van der Waals surface area contributed by atoms with Crippen LogP contribution in [0.1, 0.15) is 0 Å². The second-order valence-corrected chi connectivity index (χ2v) is 8.06.